The molecule has 1 unspecified atom stereocenters. The molecule has 1 heterocycles. The Hall–Kier alpha value is -0.790. The smallest absolute Gasteiger partial charge is 0.0443 e. The Kier molecular flexibility index (Phi) is 5.58. The topological polar surface area (TPSA) is 15.6 Å². The number of allylic oxidation sites excluding steroid dienone is 1. The van der Waals surface area contributed by atoms with Gasteiger partial charge in [-0.1, -0.05) is 52.0 Å². The normalized spacial score (nSPS) is 20.4. The van der Waals surface area contributed by atoms with Gasteiger partial charge < -0.3 is 0 Å². The van der Waals surface area contributed by atoms with Crippen LogP contribution in [0.3, 0.4) is 0 Å². The molecule has 0 aromatic heterocycles. The van der Waals surface area contributed by atoms with Crippen LogP contribution < -0.4 is 0 Å². The van der Waals surface area contributed by atoms with Crippen LogP contribution in [-0.4, -0.2) is 17.8 Å². The molecule has 1 aliphatic heterocycles. The lowest BCUT2D eigenvalue weighted by atomic mass is 9.95. The van der Waals surface area contributed by atoms with Crippen LogP contribution >= 0.6 is 0 Å². The standard InChI is InChI=1S/C14H26N2/c1-5-6-7-8-9-10-11-14-12(2)15-16(4)13(14)3/h14H,3,5-11H2,1-2,4H3. The van der Waals surface area contributed by atoms with E-state index in [1.54, 1.807) is 0 Å². The highest BCUT2D eigenvalue weighted by molar-refractivity contribution is 5.88. The minimum Gasteiger partial charge on any atom is -0.273 e. The van der Waals surface area contributed by atoms with Gasteiger partial charge in [0, 0.05) is 24.4 Å². The van der Waals surface area contributed by atoms with E-state index in [2.05, 4.69) is 25.5 Å². The predicted molar refractivity (Wildman–Crippen MR) is 71.5 cm³/mol. The molecule has 0 radical (unpaired) electrons. The number of unbranched alkanes of at least 4 members (excludes halogenated alkanes) is 5. The maximum absolute atomic E-state index is 4.43. The summed E-state index contributed by atoms with van der Waals surface area (Å²) in [6.07, 6.45) is 9.41. The van der Waals surface area contributed by atoms with Gasteiger partial charge in [-0.2, -0.15) is 5.10 Å². The maximum atomic E-state index is 4.43. The summed E-state index contributed by atoms with van der Waals surface area (Å²) >= 11 is 0. The van der Waals surface area contributed by atoms with Gasteiger partial charge in [0.2, 0.25) is 0 Å². The fourth-order valence-electron chi connectivity index (χ4n) is 2.34. The van der Waals surface area contributed by atoms with E-state index in [0.29, 0.717) is 5.92 Å². The highest BCUT2D eigenvalue weighted by Gasteiger charge is 2.24. The Bertz CT molecular complexity index is 255. The van der Waals surface area contributed by atoms with E-state index in [9.17, 15) is 0 Å². The summed E-state index contributed by atoms with van der Waals surface area (Å²) in [5.41, 5.74) is 2.41. The molecular weight excluding hydrogens is 196 g/mol. The summed E-state index contributed by atoms with van der Waals surface area (Å²) in [5.74, 6) is 0.510. The molecule has 0 aromatic rings. The fourth-order valence-corrected chi connectivity index (χ4v) is 2.34. The first kappa shape index (κ1) is 13.3. The lowest BCUT2D eigenvalue weighted by Crippen LogP contribution is -2.12. The molecule has 2 heteroatoms. The van der Waals surface area contributed by atoms with Gasteiger partial charge in [-0.15, -0.1) is 0 Å². The molecule has 1 rings (SSSR count). The average molecular weight is 222 g/mol. The molecule has 0 spiro atoms. The summed E-state index contributed by atoms with van der Waals surface area (Å²) < 4.78 is 0. The van der Waals surface area contributed by atoms with Gasteiger partial charge in [-0.25, -0.2) is 0 Å². The second-order valence-electron chi connectivity index (χ2n) is 4.87. The number of nitrogens with zero attached hydrogens (tertiary/aromatic N) is 2. The predicted octanol–water partition coefficient (Wildman–Crippen LogP) is 4.19. The molecule has 0 bridgehead atoms. The van der Waals surface area contributed by atoms with Gasteiger partial charge in [-0.05, 0) is 13.3 Å². The van der Waals surface area contributed by atoms with Crippen LogP contribution in [0, 0.1) is 5.92 Å². The maximum Gasteiger partial charge on any atom is 0.0443 e. The van der Waals surface area contributed by atoms with Crippen molar-refractivity contribution in [2.45, 2.75) is 58.8 Å². The van der Waals surface area contributed by atoms with Crippen LogP contribution in [-0.2, 0) is 0 Å². The fraction of sp³-hybridized carbons (Fsp3) is 0.786. The molecule has 2 nitrogen and oxygen atoms in total. The average Bonchev–Trinajstić information content (AvgIpc) is 2.49. The van der Waals surface area contributed by atoms with E-state index < -0.39 is 0 Å². The van der Waals surface area contributed by atoms with Crippen molar-refractivity contribution >= 4 is 5.71 Å². The molecule has 0 saturated carbocycles. The Morgan fingerprint density at radius 3 is 2.38 bits per heavy atom. The minimum atomic E-state index is 0.510. The lowest BCUT2D eigenvalue weighted by molar-refractivity contribution is 0.434. The first-order valence-electron chi connectivity index (χ1n) is 6.64. The zero-order chi connectivity index (χ0) is 12.0. The summed E-state index contributed by atoms with van der Waals surface area (Å²) in [6.45, 7) is 8.49. The Balaban J connectivity index is 2.14. The van der Waals surface area contributed by atoms with Gasteiger partial charge >= 0.3 is 0 Å². The van der Waals surface area contributed by atoms with Crippen molar-refractivity contribution in [3.63, 3.8) is 0 Å². The van der Waals surface area contributed by atoms with E-state index in [0.717, 1.165) is 0 Å². The molecule has 1 aliphatic rings. The van der Waals surface area contributed by atoms with Crippen molar-refractivity contribution in [1.29, 1.82) is 0 Å². The van der Waals surface area contributed by atoms with Crippen LogP contribution in [0.25, 0.3) is 0 Å². The van der Waals surface area contributed by atoms with Crippen LogP contribution in [0.1, 0.15) is 58.8 Å². The molecule has 92 valence electrons. The first-order chi connectivity index (χ1) is 7.66. The Morgan fingerprint density at radius 1 is 1.19 bits per heavy atom. The van der Waals surface area contributed by atoms with Crippen LogP contribution in [0.15, 0.2) is 17.4 Å². The minimum absolute atomic E-state index is 0.510. The molecular formula is C14H26N2. The van der Waals surface area contributed by atoms with Crippen LogP contribution in [0.2, 0.25) is 0 Å². The van der Waals surface area contributed by atoms with Crippen molar-refractivity contribution in [2.75, 3.05) is 7.05 Å². The summed E-state index contributed by atoms with van der Waals surface area (Å²) in [6, 6.07) is 0. The van der Waals surface area contributed by atoms with Gasteiger partial charge in [-0.3, -0.25) is 5.01 Å². The number of rotatable bonds is 7. The van der Waals surface area contributed by atoms with Crippen molar-refractivity contribution in [1.82, 2.24) is 5.01 Å². The molecule has 16 heavy (non-hydrogen) atoms. The second kappa shape index (κ2) is 6.72. The second-order valence-corrected chi connectivity index (χ2v) is 4.87. The highest BCUT2D eigenvalue weighted by atomic mass is 15.5. The SMILES string of the molecule is C=C1C(CCCCCCCC)C(C)=NN1C. The summed E-state index contributed by atoms with van der Waals surface area (Å²) in [4.78, 5) is 0. The molecule has 0 amide bonds. The molecule has 1 atom stereocenters. The van der Waals surface area contributed by atoms with Crippen molar-refractivity contribution in [3.8, 4) is 0 Å². The largest absolute Gasteiger partial charge is 0.273 e. The van der Waals surface area contributed by atoms with Gasteiger partial charge in [0.25, 0.3) is 0 Å². The molecule has 0 aromatic carbocycles. The molecule has 0 N–H and O–H groups in total. The van der Waals surface area contributed by atoms with E-state index in [4.69, 9.17) is 0 Å². The Morgan fingerprint density at radius 2 is 1.81 bits per heavy atom. The lowest BCUT2D eigenvalue weighted by Gasteiger charge is -2.14. The number of hydrogen-bond acceptors (Lipinski definition) is 2. The van der Waals surface area contributed by atoms with Gasteiger partial charge in [0.1, 0.15) is 0 Å². The molecule has 0 aliphatic carbocycles. The van der Waals surface area contributed by atoms with Crippen molar-refractivity contribution < 1.29 is 0 Å². The van der Waals surface area contributed by atoms with Crippen molar-refractivity contribution in [3.05, 3.63) is 12.3 Å². The molecule has 0 saturated heterocycles. The van der Waals surface area contributed by atoms with Crippen LogP contribution in [0.5, 0.6) is 0 Å². The number of hydrogen-bond donors (Lipinski definition) is 0. The van der Waals surface area contributed by atoms with Gasteiger partial charge in [0.05, 0.1) is 0 Å². The third-order valence-corrected chi connectivity index (χ3v) is 3.48. The van der Waals surface area contributed by atoms with Crippen LogP contribution in [0.4, 0.5) is 0 Å². The Labute approximate surface area is 100 Å². The van der Waals surface area contributed by atoms with Gasteiger partial charge in [0.15, 0.2) is 0 Å². The summed E-state index contributed by atoms with van der Waals surface area (Å²) in [7, 11) is 1.99. The molecule has 0 fully saturated rings. The highest BCUT2D eigenvalue weighted by Crippen LogP contribution is 2.27. The van der Waals surface area contributed by atoms with E-state index >= 15 is 0 Å². The quantitative estimate of drug-likeness (QED) is 0.590. The zero-order valence-corrected chi connectivity index (χ0v) is 11.1. The zero-order valence-electron chi connectivity index (χ0n) is 11.1. The van der Waals surface area contributed by atoms with E-state index in [1.807, 2.05) is 12.1 Å². The number of hydrazone groups is 1. The van der Waals surface area contributed by atoms with E-state index in [-0.39, 0.29) is 0 Å². The monoisotopic (exact) mass is 222 g/mol. The first-order valence-corrected chi connectivity index (χ1v) is 6.64. The van der Waals surface area contributed by atoms with E-state index in [1.165, 1.54) is 56.4 Å². The van der Waals surface area contributed by atoms with Crippen molar-refractivity contribution in [2.24, 2.45) is 11.0 Å². The summed E-state index contributed by atoms with van der Waals surface area (Å²) in [5, 5.41) is 6.36. The third kappa shape index (κ3) is 3.66. The third-order valence-electron chi connectivity index (χ3n) is 3.48.